The van der Waals surface area contributed by atoms with E-state index >= 15 is 0 Å². The van der Waals surface area contributed by atoms with Gasteiger partial charge in [-0.15, -0.1) is 0 Å². The van der Waals surface area contributed by atoms with Crippen molar-refractivity contribution in [3.05, 3.63) is 34.9 Å². The van der Waals surface area contributed by atoms with Crippen LogP contribution in [0.2, 0.25) is 5.02 Å². The maximum atomic E-state index is 12.0. The molecule has 1 aromatic carbocycles. The number of benzene rings is 1. The summed E-state index contributed by atoms with van der Waals surface area (Å²) in [5, 5.41) is 9.94. The summed E-state index contributed by atoms with van der Waals surface area (Å²) in [6, 6.07) is 6.19. The first-order valence-electron chi connectivity index (χ1n) is 6.36. The third kappa shape index (κ3) is 4.18. The van der Waals surface area contributed by atoms with Crippen molar-refractivity contribution in [1.82, 2.24) is 4.72 Å². The lowest BCUT2D eigenvalue weighted by atomic mass is 9.87. The maximum absolute atomic E-state index is 12.0. The van der Waals surface area contributed by atoms with E-state index in [9.17, 15) is 13.5 Å². The van der Waals surface area contributed by atoms with Gasteiger partial charge in [-0.05, 0) is 36.5 Å². The van der Waals surface area contributed by atoms with Crippen LogP contribution in [0.5, 0.6) is 0 Å². The molecule has 0 bridgehead atoms. The van der Waals surface area contributed by atoms with Crippen LogP contribution >= 0.6 is 11.6 Å². The van der Waals surface area contributed by atoms with Gasteiger partial charge in [0.25, 0.3) is 0 Å². The quantitative estimate of drug-likeness (QED) is 0.845. The van der Waals surface area contributed by atoms with Gasteiger partial charge in [0.1, 0.15) is 0 Å². The van der Waals surface area contributed by atoms with Crippen LogP contribution in [0.3, 0.4) is 0 Å². The van der Waals surface area contributed by atoms with Crippen LogP contribution in [0.1, 0.15) is 30.9 Å². The van der Waals surface area contributed by atoms with E-state index in [2.05, 4.69) is 4.72 Å². The van der Waals surface area contributed by atoms with E-state index in [1.165, 1.54) is 0 Å². The molecule has 1 atom stereocenters. The predicted octanol–water partition coefficient (Wildman–Crippen LogP) is 2.09. The molecule has 106 valence electrons. The van der Waals surface area contributed by atoms with Gasteiger partial charge in [0.05, 0.1) is 18.4 Å². The van der Waals surface area contributed by atoms with Crippen molar-refractivity contribution in [2.75, 3.05) is 12.4 Å². The van der Waals surface area contributed by atoms with Crippen molar-refractivity contribution in [3.8, 4) is 0 Å². The molecule has 0 spiro atoms. The summed E-state index contributed by atoms with van der Waals surface area (Å²) in [6.45, 7) is -0.272. The van der Waals surface area contributed by atoms with Crippen LogP contribution in [0.25, 0.3) is 0 Å². The zero-order valence-corrected chi connectivity index (χ0v) is 12.1. The van der Waals surface area contributed by atoms with Gasteiger partial charge < -0.3 is 5.11 Å². The maximum Gasteiger partial charge on any atom is 0.212 e. The van der Waals surface area contributed by atoms with Crippen molar-refractivity contribution in [2.45, 2.75) is 25.3 Å². The summed E-state index contributed by atoms with van der Waals surface area (Å²) < 4.78 is 26.5. The number of nitrogens with one attached hydrogen (secondary N) is 1. The Morgan fingerprint density at radius 1 is 1.32 bits per heavy atom. The van der Waals surface area contributed by atoms with E-state index in [1.807, 2.05) is 0 Å². The Labute approximate surface area is 118 Å². The van der Waals surface area contributed by atoms with Crippen molar-refractivity contribution in [3.63, 3.8) is 0 Å². The lowest BCUT2D eigenvalue weighted by Gasteiger charge is -2.26. The molecule has 0 aromatic heterocycles. The molecule has 0 amide bonds. The summed E-state index contributed by atoms with van der Waals surface area (Å²) in [5.41, 5.74) is 0.712. The van der Waals surface area contributed by atoms with Crippen LogP contribution in [-0.4, -0.2) is 25.9 Å². The summed E-state index contributed by atoms with van der Waals surface area (Å²) in [5.74, 6) is 0.416. The highest BCUT2D eigenvalue weighted by molar-refractivity contribution is 7.89. The van der Waals surface area contributed by atoms with Crippen LogP contribution in [0.4, 0.5) is 0 Å². The first-order valence-corrected chi connectivity index (χ1v) is 8.39. The third-order valence-electron chi connectivity index (χ3n) is 3.46. The fourth-order valence-corrected chi connectivity index (χ4v) is 3.96. The zero-order chi connectivity index (χ0) is 13.9. The highest BCUT2D eigenvalue weighted by atomic mass is 35.5. The number of hydrogen-bond acceptors (Lipinski definition) is 3. The molecule has 4 nitrogen and oxygen atoms in total. The van der Waals surface area contributed by atoms with Crippen LogP contribution in [0.15, 0.2) is 24.3 Å². The normalized spacial score (nSPS) is 18.0. The second kappa shape index (κ2) is 6.22. The Kier molecular flexibility index (Phi) is 4.84. The van der Waals surface area contributed by atoms with E-state index in [4.69, 9.17) is 11.6 Å². The monoisotopic (exact) mass is 303 g/mol. The van der Waals surface area contributed by atoms with Gasteiger partial charge in [-0.2, -0.15) is 0 Å². The molecule has 0 radical (unpaired) electrons. The number of rotatable bonds is 6. The Bertz CT molecular complexity index is 511. The Balaban J connectivity index is 2.03. The lowest BCUT2D eigenvalue weighted by molar-refractivity contribution is 0.258. The highest BCUT2D eigenvalue weighted by Crippen LogP contribution is 2.28. The first kappa shape index (κ1) is 14.8. The molecule has 2 rings (SSSR count). The molecular weight excluding hydrogens is 286 g/mol. The van der Waals surface area contributed by atoms with E-state index in [1.54, 1.807) is 24.3 Å². The van der Waals surface area contributed by atoms with Gasteiger partial charge >= 0.3 is 0 Å². The Morgan fingerprint density at radius 2 is 1.95 bits per heavy atom. The second-order valence-electron chi connectivity index (χ2n) is 4.98. The summed E-state index contributed by atoms with van der Waals surface area (Å²) >= 11 is 5.79. The minimum absolute atomic E-state index is 0.150. The number of sulfonamides is 1. The largest absolute Gasteiger partial charge is 0.394 e. The van der Waals surface area contributed by atoms with Gasteiger partial charge in [-0.25, -0.2) is 13.1 Å². The van der Waals surface area contributed by atoms with Crippen molar-refractivity contribution >= 4 is 21.6 Å². The highest BCUT2D eigenvalue weighted by Gasteiger charge is 2.26. The summed E-state index contributed by atoms with van der Waals surface area (Å²) in [6.07, 6.45) is 3.07. The fraction of sp³-hybridized carbons (Fsp3) is 0.538. The SMILES string of the molecule is O=S(=O)(CC1CCC1)NC(CO)c1ccc(Cl)cc1. The summed E-state index contributed by atoms with van der Waals surface area (Å²) in [7, 11) is -3.35. The smallest absolute Gasteiger partial charge is 0.212 e. The van der Waals surface area contributed by atoms with E-state index < -0.39 is 16.1 Å². The average Bonchev–Trinajstić information content (AvgIpc) is 2.32. The standard InChI is InChI=1S/C13H18ClNO3S/c14-12-6-4-11(5-7-12)13(8-16)15-19(17,18)9-10-2-1-3-10/h4-7,10,13,15-16H,1-3,8-9H2. The molecule has 19 heavy (non-hydrogen) atoms. The molecule has 1 aliphatic carbocycles. The third-order valence-corrected chi connectivity index (χ3v) is 5.26. The molecule has 0 heterocycles. The number of hydrogen-bond donors (Lipinski definition) is 2. The zero-order valence-electron chi connectivity index (χ0n) is 10.5. The minimum atomic E-state index is -3.35. The number of aliphatic hydroxyl groups is 1. The number of halogens is 1. The number of aliphatic hydroxyl groups excluding tert-OH is 1. The van der Waals surface area contributed by atoms with Crippen LogP contribution in [-0.2, 0) is 10.0 Å². The van der Waals surface area contributed by atoms with E-state index in [0.717, 1.165) is 19.3 Å². The Hall–Kier alpha value is -0.620. The second-order valence-corrected chi connectivity index (χ2v) is 7.22. The molecule has 0 aliphatic heterocycles. The summed E-state index contributed by atoms with van der Waals surface area (Å²) in [4.78, 5) is 0. The topological polar surface area (TPSA) is 66.4 Å². The van der Waals surface area contributed by atoms with Crippen LogP contribution < -0.4 is 4.72 Å². The van der Waals surface area contributed by atoms with Gasteiger partial charge in [-0.1, -0.05) is 30.2 Å². The molecule has 1 aromatic rings. The minimum Gasteiger partial charge on any atom is -0.394 e. The van der Waals surface area contributed by atoms with E-state index in [-0.39, 0.29) is 18.3 Å². The van der Waals surface area contributed by atoms with Crippen LogP contribution in [0, 0.1) is 5.92 Å². The van der Waals surface area contributed by atoms with Crippen molar-refractivity contribution in [2.24, 2.45) is 5.92 Å². The molecule has 0 saturated heterocycles. The first-order chi connectivity index (χ1) is 9.00. The van der Waals surface area contributed by atoms with Crippen molar-refractivity contribution in [1.29, 1.82) is 0 Å². The van der Waals surface area contributed by atoms with E-state index in [0.29, 0.717) is 10.6 Å². The van der Waals surface area contributed by atoms with Gasteiger partial charge in [-0.3, -0.25) is 0 Å². The fourth-order valence-electron chi connectivity index (χ4n) is 2.14. The Morgan fingerprint density at radius 3 is 2.42 bits per heavy atom. The molecule has 1 aliphatic rings. The molecule has 2 N–H and O–H groups in total. The predicted molar refractivity (Wildman–Crippen MR) is 75.5 cm³/mol. The average molecular weight is 304 g/mol. The lowest BCUT2D eigenvalue weighted by Crippen LogP contribution is -2.36. The molecular formula is C13H18ClNO3S. The van der Waals surface area contributed by atoms with Gasteiger partial charge in [0.15, 0.2) is 0 Å². The molecule has 1 unspecified atom stereocenters. The molecule has 1 fully saturated rings. The van der Waals surface area contributed by atoms with Gasteiger partial charge in [0, 0.05) is 5.02 Å². The van der Waals surface area contributed by atoms with Crippen molar-refractivity contribution < 1.29 is 13.5 Å². The molecule has 6 heteroatoms. The molecule has 1 saturated carbocycles. The van der Waals surface area contributed by atoms with Gasteiger partial charge in [0.2, 0.25) is 10.0 Å².